The van der Waals surface area contributed by atoms with Crippen LogP contribution in [0.5, 0.6) is 0 Å². The molecule has 1 heteroatoms. The molecule has 0 atom stereocenters. The summed E-state index contributed by atoms with van der Waals surface area (Å²) in [5.41, 5.74) is 5.41. The third kappa shape index (κ3) is 10.1. The van der Waals surface area contributed by atoms with Crippen molar-refractivity contribution in [2.24, 2.45) is 5.41 Å². The zero-order chi connectivity index (χ0) is 20.8. The highest BCUT2D eigenvalue weighted by molar-refractivity contribution is 5.72. The molecule has 0 spiro atoms. The second-order valence-corrected chi connectivity index (χ2v) is 9.00. The zero-order valence-electron chi connectivity index (χ0n) is 19.1. The number of nitrogens with one attached hydrogen (secondary N) is 1. The molecule has 156 valence electrons. The predicted octanol–water partition coefficient (Wildman–Crippen LogP) is 7.96. The van der Waals surface area contributed by atoms with Gasteiger partial charge in [0.25, 0.3) is 0 Å². The van der Waals surface area contributed by atoms with Crippen molar-refractivity contribution in [3.8, 4) is 0 Å². The maximum Gasteiger partial charge on any atom is -0.00519 e. The molecule has 0 saturated heterocycles. The lowest BCUT2D eigenvalue weighted by molar-refractivity contribution is 0.506. The van der Waals surface area contributed by atoms with Crippen molar-refractivity contribution in [2.45, 2.75) is 79.1 Å². The fraction of sp³-hybridized carbons (Fsp3) is 0.556. The molecule has 0 amide bonds. The number of benzene rings is 1. The molecule has 0 fully saturated rings. The summed E-state index contributed by atoms with van der Waals surface area (Å²) in [6.45, 7) is 14.7. The summed E-state index contributed by atoms with van der Waals surface area (Å²) in [4.78, 5) is 0. The number of allylic oxidation sites excluding steroid dienone is 5. The smallest absolute Gasteiger partial charge is 0.00519 e. The van der Waals surface area contributed by atoms with Crippen LogP contribution in [0.25, 0.3) is 5.57 Å². The lowest BCUT2D eigenvalue weighted by Gasteiger charge is -2.24. The van der Waals surface area contributed by atoms with Crippen LogP contribution in [0.15, 0.2) is 60.2 Å². The molecule has 0 aliphatic carbocycles. The van der Waals surface area contributed by atoms with Crippen LogP contribution in [0.3, 0.4) is 0 Å². The minimum Gasteiger partial charge on any atom is -0.320 e. The highest BCUT2D eigenvalue weighted by atomic mass is 14.8. The number of unbranched alkanes of at least 4 members (excludes halogenated alkanes) is 6. The molecule has 1 rings (SSSR count). The van der Waals surface area contributed by atoms with Crippen molar-refractivity contribution in [2.75, 3.05) is 13.6 Å². The van der Waals surface area contributed by atoms with Gasteiger partial charge in [0.1, 0.15) is 0 Å². The second-order valence-electron chi connectivity index (χ2n) is 9.00. The predicted molar refractivity (Wildman–Crippen MR) is 128 cm³/mol. The molecular formula is C27H43N. The molecule has 1 N–H and O–H groups in total. The summed E-state index contributed by atoms with van der Waals surface area (Å²) in [6.07, 6.45) is 15.2. The van der Waals surface area contributed by atoms with E-state index < -0.39 is 0 Å². The first-order valence-corrected chi connectivity index (χ1v) is 11.1. The Morgan fingerprint density at radius 3 is 2.04 bits per heavy atom. The Bertz CT molecular complexity index is 613. The fourth-order valence-electron chi connectivity index (χ4n) is 3.68. The first-order chi connectivity index (χ1) is 13.4. The van der Waals surface area contributed by atoms with Crippen molar-refractivity contribution >= 4 is 5.57 Å². The largest absolute Gasteiger partial charge is 0.320 e. The van der Waals surface area contributed by atoms with E-state index in [0.29, 0.717) is 0 Å². The molecule has 1 aromatic carbocycles. The Morgan fingerprint density at radius 1 is 0.893 bits per heavy atom. The molecule has 0 saturated carbocycles. The molecule has 0 aliphatic rings. The van der Waals surface area contributed by atoms with E-state index in [-0.39, 0.29) is 5.41 Å². The topological polar surface area (TPSA) is 12.0 Å². The number of hydrogen-bond acceptors (Lipinski definition) is 1. The highest BCUT2D eigenvalue weighted by Gasteiger charge is 2.17. The molecule has 0 unspecified atom stereocenters. The van der Waals surface area contributed by atoms with Gasteiger partial charge in [-0.25, -0.2) is 0 Å². The molecular weight excluding hydrogens is 338 g/mol. The van der Waals surface area contributed by atoms with Crippen LogP contribution in [0, 0.1) is 5.41 Å². The molecule has 0 heterocycles. The average Bonchev–Trinajstić information content (AvgIpc) is 2.66. The van der Waals surface area contributed by atoms with Crippen LogP contribution >= 0.6 is 0 Å². The van der Waals surface area contributed by atoms with Crippen molar-refractivity contribution in [1.82, 2.24) is 5.32 Å². The molecule has 0 radical (unpaired) electrons. The molecule has 1 nitrogen and oxygen atoms in total. The lowest BCUT2D eigenvalue weighted by atomic mass is 9.81. The maximum atomic E-state index is 4.25. The Balaban J connectivity index is 2.52. The third-order valence-corrected chi connectivity index (χ3v) is 5.34. The molecule has 0 aliphatic heterocycles. The van der Waals surface area contributed by atoms with Crippen LogP contribution in [-0.2, 0) is 0 Å². The monoisotopic (exact) mass is 381 g/mol. The zero-order valence-corrected chi connectivity index (χ0v) is 19.1. The quantitative estimate of drug-likeness (QED) is 0.270. The standard InChI is InChI=1S/C27H43N/c1-23(25-18-14-12-15-19-25)20-21-26(27(3,4)5)24(2)17-13-10-8-7-9-11-16-22-28-6/h12,14-15,18-21,28H,1,7-11,13,16-17,22H2,2-6H3/b21-20-,26-24-. The summed E-state index contributed by atoms with van der Waals surface area (Å²) in [5.74, 6) is 0. The number of hydrogen-bond donors (Lipinski definition) is 1. The van der Waals surface area contributed by atoms with Gasteiger partial charge in [0.15, 0.2) is 0 Å². The first kappa shape index (κ1) is 24.4. The third-order valence-electron chi connectivity index (χ3n) is 5.34. The summed E-state index contributed by atoms with van der Waals surface area (Å²) in [6, 6.07) is 10.4. The van der Waals surface area contributed by atoms with E-state index in [4.69, 9.17) is 0 Å². The highest BCUT2D eigenvalue weighted by Crippen LogP contribution is 2.32. The Morgan fingerprint density at radius 2 is 1.46 bits per heavy atom. The summed E-state index contributed by atoms with van der Waals surface area (Å²) >= 11 is 0. The summed E-state index contributed by atoms with van der Waals surface area (Å²) < 4.78 is 0. The van der Waals surface area contributed by atoms with Gasteiger partial charge in [-0.1, -0.05) is 108 Å². The van der Waals surface area contributed by atoms with Crippen LogP contribution in [0.1, 0.15) is 84.6 Å². The van der Waals surface area contributed by atoms with E-state index in [2.05, 4.69) is 76.0 Å². The van der Waals surface area contributed by atoms with E-state index >= 15 is 0 Å². The van der Waals surface area contributed by atoms with Gasteiger partial charge < -0.3 is 5.32 Å². The normalized spacial score (nSPS) is 13.0. The SMILES string of the molecule is C=C(/C=C\C(=C(/C)CCCCCCCCCNC)C(C)(C)C)c1ccccc1. The summed E-state index contributed by atoms with van der Waals surface area (Å²) in [5, 5.41) is 3.22. The van der Waals surface area contributed by atoms with E-state index in [1.165, 1.54) is 68.1 Å². The van der Waals surface area contributed by atoms with E-state index in [1.54, 1.807) is 0 Å². The van der Waals surface area contributed by atoms with Crippen LogP contribution in [-0.4, -0.2) is 13.6 Å². The van der Waals surface area contributed by atoms with Gasteiger partial charge >= 0.3 is 0 Å². The van der Waals surface area contributed by atoms with Crippen LogP contribution in [0.2, 0.25) is 0 Å². The first-order valence-electron chi connectivity index (χ1n) is 11.1. The fourth-order valence-corrected chi connectivity index (χ4v) is 3.68. The Kier molecular flexibility index (Phi) is 11.8. The minimum absolute atomic E-state index is 0.158. The molecule has 28 heavy (non-hydrogen) atoms. The van der Waals surface area contributed by atoms with Crippen molar-refractivity contribution in [3.05, 3.63) is 65.8 Å². The maximum absolute atomic E-state index is 4.25. The molecule has 0 aromatic heterocycles. The van der Waals surface area contributed by atoms with Crippen LogP contribution < -0.4 is 5.32 Å². The van der Waals surface area contributed by atoms with Gasteiger partial charge in [-0.3, -0.25) is 0 Å². The number of rotatable bonds is 13. The molecule has 1 aromatic rings. The average molecular weight is 382 g/mol. The summed E-state index contributed by atoms with van der Waals surface area (Å²) in [7, 11) is 2.04. The van der Waals surface area contributed by atoms with E-state index in [1.807, 2.05) is 13.1 Å². The second kappa shape index (κ2) is 13.6. The Hall–Kier alpha value is -1.60. The Labute approximate surface area is 175 Å². The van der Waals surface area contributed by atoms with Crippen molar-refractivity contribution in [3.63, 3.8) is 0 Å². The van der Waals surface area contributed by atoms with Gasteiger partial charge in [0.05, 0.1) is 0 Å². The van der Waals surface area contributed by atoms with Crippen molar-refractivity contribution in [1.29, 1.82) is 0 Å². The van der Waals surface area contributed by atoms with Crippen LogP contribution in [0.4, 0.5) is 0 Å². The van der Waals surface area contributed by atoms with Crippen molar-refractivity contribution < 1.29 is 0 Å². The van der Waals surface area contributed by atoms with Gasteiger partial charge in [-0.15, -0.1) is 0 Å². The van der Waals surface area contributed by atoms with Gasteiger partial charge in [0.2, 0.25) is 0 Å². The lowest BCUT2D eigenvalue weighted by Crippen LogP contribution is -2.10. The van der Waals surface area contributed by atoms with Gasteiger partial charge in [-0.2, -0.15) is 0 Å². The van der Waals surface area contributed by atoms with E-state index in [9.17, 15) is 0 Å². The minimum atomic E-state index is 0.158. The molecule has 0 bridgehead atoms. The van der Waals surface area contributed by atoms with E-state index in [0.717, 1.165) is 12.1 Å². The van der Waals surface area contributed by atoms with Gasteiger partial charge in [0, 0.05) is 0 Å². The van der Waals surface area contributed by atoms with Gasteiger partial charge in [-0.05, 0) is 61.9 Å².